The molecule has 21 heavy (non-hydrogen) atoms. The number of carbonyl (C=O) groups excluding carboxylic acids is 1. The molecule has 0 aromatic heterocycles. The molecular weight excluding hydrogens is 266 g/mol. The first kappa shape index (κ1) is 14.5. The molecule has 1 amide bonds. The van der Waals surface area contributed by atoms with Gasteiger partial charge in [-0.15, -0.1) is 0 Å². The van der Waals surface area contributed by atoms with Crippen LogP contribution in [0, 0.1) is 0 Å². The van der Waals surface area contributed by atoms with Gasteiger partial charge in [-0.1, -0.05) is 30.3 Å². The lowest BCUT2D eigenvalue weighted by Crippen LogP contribution is -2.50. The number of hydrogen-bond donors (Lipinski definition) is 1. The number of hydrogen-bond acceptors (Lipinski definition) is 4. The van der Waals surface area contributed by atoms with E-state index in [0.717, 1.165) is 32.8 Å². The van der Waals surface area contributed by atoms with E-state index >= 15 is 0 Å². The lowest BCUT2D eigenvalue weighted by Gasteiger charge is -2.37. The zero-order valence-electron chi connectivity index (χ0n) is 12.5. The van der Waals surface area contributed by atoms with Crippen molar-refractivity contribution in [3.8, 4) is 0 Å². The number of carbonyl (C=O) groups is 1. The van der Waals surface area contributed by atoms with Crippen LogP contribution < -0.4 is 5.32 Å². The van der Waals surface area contributed by atoms with E-state index in [1.54, 1.807) is 7.05 Å². The first-order chi connectivity index (χ1) is 10.3. The molecule has 2 aliphatic rings. The third kappa shape index (κ3) is 3.43. The highest BCUT2D eigenvalue weighted by atomic mass is 16.5. The number of rotatable bonds is 4. The van der Waals surface area contributed by atoms with Gasteiger partial charge in [0.1, 0.15) is 0 Å². The Labute approximate surface area is 125 Å². The lowest BCUT2D eigenvalue weighted by molar-refractivity contribution is -0.121. The minimum Gasteiger partial charge on any atom is -0.374 e. The van der Waals surface area contributed by atoms with Crippen LogP contribution in [-0.4, -0.2) is 67.7 Å². The second-order valence-corrected chi connectivity index (χ2v) is 5.80. The van der Waals surface area contributed by atoms with Crippen LogP contribution in [0.2, 0.25) is 0 Å². The van der Waals surface area contributed by atoms with Crippen LogP contribution in [0.4, 0.5) is 0 Å². The third-order valence-electron chi connectivity index (χ3n) is 4.37. The van der Waals surface area contributed by atoms with E-state index in [1.165, 1.54) is 5.56 Å². The number of fused-ring (bicyclic) bond motifs is 1. The van der Waals surface area contributed by atoms with E-state index in [1.807, 2.05) is 6.07 Å². The molecule has 1 aromatic carbocycles. The van der Waals surface area contributed by atoms with Gasteiger partial charge in [-0.2, -0.15) is 0 Å². The molecule has 0 aliphatic carbocycles. The Bertz CT molecular complexity index is 480. The van der Waals surface area contributed by atoms with Gasteiger partial charge in [-0.3, -0.25) is 14.6 Å². The van der Waals surface area contributed by atoms with Crippen molar-refractivity contribution in [2.24, 2.45) is 0 Å². The number of ether oxygens (including phenoxy) is 1. The molecule has 2 atom stereocenters. The van der Waals surface area contributed by atoms with Gasteiger partial charge in [0, 0.05) is 33.2 Å². The van der Waals surface area contributed by atoms with Crippen LogP contribution in [0.15, 0.2) is 30.3 Å². The summed E-state index contributed by atoms with van der Waals surface area (Å²) in [4.78, 5) is 16.2. The molecular formula is C16H23N3O2. The van der Waals surface area contributed by atoms with E-state index in [9.17, 15) is 4.79 Å². The molecule has 1 aromatic rings. The molecule has 1 N–H and O–H groups in total. The summed E-state index contributed by atoms with van der Waals surface area (Å²) in [5.41, 5.74) is 1.34. The average Bonchev–Trinajstić information content (AvgIpc) is 2.91. The SMILES string of the molecule is CNC(=O)CN1C[C@@H]2[C@@H](C1)OCCN2Cc1ccccc1. The van der Waals surface area contributed by atoms with E-state index < -0.39 is 0 Å². The van der Waals surface area contributed by atoms with Gasteiger partial charge in [-0.25, -0.2) is 0 Å². The molecule has 0 radical (unpaired) electrons. The maximum atomic E-state index is 11.5. The van der Waals surface area contributed by atoms with Crippen LogP contribution in [0.3, 0.4) is 0 Å². The Morgan fingerprint density at radius 3 is 2.90 bits per heavy atom. The molecule has 114 valence electrons. The summed E-state index contributed by atoms with van der Waals surface area (Å²) in [7, 11) is 1.68. The highest BCUT2D eigenvalue weighted by molar-refractivity contribution is 5.77. The molecule has 5 nitrogen and oxygen atoms in total. The quantitative estimate of drug-likeness (QED) is 0.867. The van der Waals surface area contributed by atoms with Crippen LogP contribution in [0.5, 0.6) is 0 Å². The number of nitrogens with one attached hydrogen (secondary N) is 1. The van der Waals surface area contributed by atoms with Gasteiger partial charge in [0.05, 0.1) is 25.3 Å². The zero-order chi connectivity index (χ0) is 14.7. The first-order valence-electron chi connectivity index (χ1n) is 7.59. The molecule has 2 heterocycles. The van der Waals surface area contributed by atoms with Crippen molar-refractivity contribution in [2.75, 3.05) is 39.8 Å². The van der Waals surface area contributed by atoms with E-state index in [4.69, 9.17) is 4.74 Å². The number of amides is 1. The monoisotopic (exact) mass is 289 g/mol. The van der Waals surface area contributed by atoms with E-state index in [0.29, 0.717) is 12.6 Å². The Hall–Kier alpha value is -1.43. The number of nitrogens with zero attached hydrogens (tertiary/aromatic N) is 2. The number of likely N-dealkylation sites (N-methyl/N-ethyl adjacent to an activating group) is 1. The van der Waals surface area contributed by atoms with E-state index in [2.05, 4.69) is 39.4 Å². The number of morpholine rings is 1. The summed E-state index contributed by atoms with van der Waals surface area (Å²) in [5, 5.41) is 2.69. The van der Waals surface area contributed by atoms with E-state index in [-0.39, 0.29) is 12.0 Å². The van der Waals surface area contributed by atoms with Crippen LogP contribution in [0.1, 0.15) is 5.56 Å². The second-order valence-electron chi connectivity index (χ2n) is 5.80. The predicted octanol–water partition coefficient (Wildman–Crippen LogP) is 0.318. The summed E-state index contributed by atoms with van der Waals surface area (Å²) in [6.45, 7) is 4.92. The first-order valence-corrected chi connectivity index (χ1v) is 7.59. The highest BCUT2D eigenvalue weighted by Crippen LogP contribution is 2.24. The summed E-state index contributed by atoms with van der Waals surface area (Å²) in [6, 6.07) is 10.9. The fourth-order valence-corrected chi connectivity index (χ4v) is 3.26. The largest absolute Gasteiger partial charge is 0.374 e. The van der Waals surface area contributed by atoms with Crippen molar-refractivity contribution in [3.63, 3.8) is 0 Å². The summed E-state index contributed by atoms with van der Waals surface area (Å²) in [5.74, 6) is 0.0725. The highest BCUT2D eigenvalue weighted by Gasteiger charge is 2.40. The summed E-state index contributed by atoms with van der Waals surface area (Å²) >= 11 is 0. The van der Waals surface area contributed by atoms with Gasteiger partial charge in [0.2, 0.25) is 5.91 Å². The van der Waals surface area contributed by atoms with Crippen LogP contribution in [0.25, 0.3) is 0 Å². The smallest absolute Gasteiger partial charge is 0.233 e. The van der Waals surface area contributed by atoms with Crippen molar-refractivity contribution in [1.82, 2.24) is 15.1 Å². The van der Waals surface area contributed by atoms with Crippen molar-refractivity contribution < 1.29 is 9.53 Å². The van der Waals surface area contributed by atoms with Crippen LogP contribution >= 0.6 is 0 Å². The summed E-state index contributed by atoms with van der Waals surface area (Å²) < 4.78 is 5.90. The fraction of sp³-hybridized carbons (Fsp3) is 0.562. The molecule has 5 heteroatoms. The fourth-order valence-electron chi connectivity index (χ4n) is 3.26. The lowest BCUT2D eigenvalue weighted by atomic mass is 10.1. The minimum atomic E-state index is 0.0725. The molecule has 2 saturated heterocycles. The molecule has 2 fully saturated rings. The predicted molar refractivity (Wildman–Crippen MR) is 80.9 cm³/mol. The molecule has 0 saturated carbocycles. The Morgan fingerprint density at radius 1 is 1.33 bits per heavy atom. The number of benzene rings is 1. The Morgan fingerprint density at radius 2 is 2.14 bits per heavy atom. The normalized spacial score (nSPS) is 26.5. The second kappa shape index (κ2) is 6.56. The Balaban J connectivity index is 1.63. The van der Waals surface area contributed by atoms with Crippen molar-refractivity contribution in [1.29, 1.82) is 0 Å². The topological polar surface area (TPSA) is 44.8 Å². The minimum absolute atomic E-state index is 0.0725. The van der Waals surface area contributed by atoms with Gasteiger partial charge in [0.25, 0.3) is 0 Å². The maximum Gasteiger partial charge on any atom is 0.233 e. The van der Waals surface area contributed by atoms with Gasteiger partial charge < -0.3 is 10.1 Å². The molecule has 3 rings (SSSR count). The molecule has 0 bridgehead atoms. The standard InChI is InChI=1S/C16H23N3O2/c1-17-16(20)12-18-10-14-15(11-18)21-8-7-19(14)9-13-5-3-2-4-6-13/h2-6,14-15H,7-12H2,1H3,(H,17,20)/t14-,15-/m1/s1. The zero-order valence-corrected chi connectivity index (χ0v) is 12.5. The molecule has 2 aliphatic heterocycles. The maximum absolute atomic E-state index is 11.5. The van der Waals surface area contributed by atoms with Crippen molar-refractivity contribution in [3.05, 3.63) is 35.9 Å². The Kier molecular flexibility index (Phi) is 4.53. The molecule has 0 spiro atoms. The van der Waals surface area contributed by atoms with Gasteiger partial charge in [-0.05, 0) is 5.56 Å². The third-order valence-corrected chi connectivity index (χ3v) is 4.37. The van der Waals surface area contributed by atoms with Gasteiger partial charge in [0.15, 0.2) is 0 Å². The summed E-state index contributed by atoms with van der Waals surface area (Å²) in [6.07, 6.45) is 0.229. The van der Waals surface area contributed by atoms with Crippen molar-refractivity contribution in [2.45, 2.75) is 18.7 Å². The number of likely N-dealkylation sites (tertiary alicyclic amines) is 1. The van der Waals surface area contributed by atoms with Crippen LogP contribution in [-0.2, 0) is 16.1 Å². The average molecular weight is 289 g/mol. The van der Waals surface area contributed by atoms with Gasteiger partial charge >= 0.3 is 0 Å². The molecule has 0 unspecified atom stereocenters. The van der Waals surface area contributed by atoms with Crippen molar-refractivity contribution >= 4 is 5.91 Å².